The van der Waals surface area contributed by atoms with Gasteiger partial charge >= 0.3 is 5.97 Å². The lowest BCUT2D eigenvalue weighted by Gasteiger charge is -2.39. The van der Waals surface area contributed by atoms with Crippen LogP contribution in [0.1, 0.15) is 28.8 Å². The van der Waals surface area contributed by atoms with E-state index in [-0.39, 0.29) is 19.1 Å². The number of carboxylic acid groups (broad SMARTS) is 1. The lowest BCUT2D eigenvalue weighted by Crippen LogP contribution is -2.52. The second-order valence-corrected chi connectivity index (χ2v) is 6.17. The summed E-state index contributed by atoms with van der Waals surface area (Å²) in [5.74, 6) is -1.10. The number of hydrogen-bond acceptors (Lipinski definition) is 3. The first-order valence-electron chi connectivity index (χ1n) is 7.18. The number of halogens is 1. The zero-order chi connectivity index (χ0) is 16.3. The summed E-state index contributed by atoms with van der Waals surface area (Å²) >= 11 is 6.07. The van der Waals surface area contributed by atoms with Gasteiger partial charge in [-0.05, 0) is 37.5 Å². The first-order valence-corrected chi connectivity index (χ1v) is 7.56. The topological polar surface area (TPSA) is 66.8 Å². The van der Waals surface area contributed by atoms with E-state index in [2.05, 4.69) is 0 Å². The second kappa shape index (κ2) is 6.67. The van der Waals surface area contributed by atoms with Crippen molar-refractivity contribution >= 4 is 23.5 Å². The van der Waals surface area contributed by atoms with Crippen molar-refractivity contribution in [3.63, 3.8) is 0 Å². The Morgan fingerprint density at radius 3 is 2.82 bits per heavy atom. The van der Waals surface area contributed by atoms with Crippen molar-refractivity contribution < 1.29 is 19.4 Å². The maximum absolute atomic E-state index is 12.7. The lowest BCUT2D eigenvalue weighted by molar-refractivity contribution is -0.155. The number of carbonyl (C=O) groups excluding carboxylic acids is 1. The third-order valence-electron chi connectivity index (χ3n) is 4.24. The fourth-order valence-electron chi connectivity index (χ4n) is 2.95. The zero-order valence-electron chi connectivity index (χ0n) is 12.8. The largest absolute Gasteiger partial charge is 0.481 e. The van der Waals surface area contributed by atoms with E-state index in [0.717, 1.165) is 0 Å². The smallest absolute Gasteiger partial charge is 0.313 e. The van der Waals surface area contributed by atoms with Crippen LogP contribution in [-0.4, -0.2) is 48.7 Å². The van der Waals surface area contributed by atoms with Gasteiger partial charge < -0.3 is 14.7 Å². The monoisotopic (exact) mass is 325 g/mol. The summed E-state index contributed by atoms with van der Waals surface area (Å²) in [7, 11) is 1.48. The molecule has 1 aliphatic heterocycles. The van der Waals surface area contributed by atoms with Crippen LogP contribution in [0.25, 0.3) is 0 Å². The van der Waals surface area contributed by atoms with E-state index in [1.165, 1.54) is 7.11 Å². The van der Waals surface area contributed by atoms with Crippen LogP contribution >= 0.6 is 11.6 Å². The Labute approximate surface area is 134 Å². The first kappa shape index (κ1) is 16.8. The van der Waals surface area contributed by atoms with Crippen LogP contribution in [0.2, 0.25) is 5.02 Å². The van der Waals surface area contributed by atoms with Crippen LogP contribution < -0.4 is 0 Å². The molecule has 1 aromatic carbocycles. The predicted molar refractivity (Wildman–Crippen MR) is 83.3 cm³/mol. The number of aliphatic carboxylic acids is 1. The SMILES string of the molecule is COCC1(C(=O)O)CCCN(C(=O)c2cccc(Cl)c2C)C1. The number of likely N-dealkylation sites (tertiary alicyclic amines) is 1. The van der Waals surface area contributed by atoms with Gasteiger partial charge in [0.05, 0.1) is 6.61 Å². The molecule has 2 rings (SSSR count). The van der Waals surface area contributed by atoms with Crippen LogP contribution in [0.4, 0.5) is 0 Å². The summed E-state index contributed by atoms with van der Waals surface area (Å²) in [5, 5.41) is 10.1. The molecule has 1 unspecified atom stereocenters. The highest BCUT2D eigenvalue weighted by Gasteiger charge is 2.44. The first-order chi connectivity index (χ1) is 10.4. The van der Waals surface area contributed by atoms with Gasteiger partial charge in [-0.1, -0.05) is 17.7 Å². The Hall–Kier alpha value is -1.59. The summed E-state index contributed by atoms with van der Waals surface area (Å²) in [4.78, 5) is 26.0. The minimum atomic E-state index is -1.03. The summed E-state index contributed by atoms with van der Waals surface area (Å²) in [6.45, 7) is 2.59. The molecule has 0 radical (unpaired) electrons. The number of amides is 1. The maximum Gasteiger partial charge on any atom is 0.313 e. The van der Waals surface area contributed by atoms with E-state index in [1.807, 2.05) is 0 Å². The fraction of sp³-hybridized carbons (Fsp3) is 0.500. The third-order valence-corrected chi connectivity index (χ3v) is 4.65. The van der Waals surface area contributed by atoms with Gasteiger partial charge in [-0.2, -0.15) is 0 Å². The number of carbonyl (C=O) groups is 2. The van der Waals surface area contributed by atoms with Gasteiger partial charge in [0, 0.05) is 30.8 Å². The van der Waals surface area contributed by atoms with E-state index < -0.39 is 11.4 Å². The van der Waals surface area contributed by atoms with E-state index in [9.17, 15) is 14.7 Å². The minimum absolute atomic E-state index is 0.0979. The number of nitrogens with zero attached hydrogens (tertiary/aromatic N) is 1. The predicted octanol–water partition coefficient (Wildman–Crippen LogP) is 2.60. The maximum atomic E-state index is 12.7. The van der Waals surface area contributed by atoms with E-state index in [0.29, 0.717) is 35.5 Å². The molecule has 6 heteroatoms. The van der Waals surface area contributed by atoms with Crippen molar-refractivity contribution in [3.8, 4) is 0 Å². The quantitative estimate of drug-likeness (QED) is 0.924. The van der Waals surface area contributed by atoms with Crippen molar-refractivity contribution in [2.45, 2.75) is 19.8 Å². The van der Waals surface area contributed by atoms with Gasteiger partial charge in [-0.25, -0.2) is 0 Å². The van der Waals surface area contributed by atoms with Crippen molar-refractivity contribution in [1.29, 1.82) is 0 Å². The van der Waals surface area contributed by atoms with Crippen molar-refractivity contribution in [3.05, 3.63) is 34.3 Å². The molecule has 1 saturated heterocycles. The van der Waals surface area contributed by atoms with E-state index >= 15 is 0 Å². The Balaban J connectivity index is 2.27. The average Bonchev–Trinajstić information content (AvgIpc) is 2.50. The molecule has 1 aliphatic rings. The Kier molecular flexibility index (Phi) is 5.08. The summed E-state index contributed by atoms with van der Waals surface area (Å²) in [6.07, 6.45) is 1.15. The molecule has 5 nitrogen and oxygen atoms in total. The molecule has 1 fully saturated rings. The molecule has 0 spiro atoms. The molecule has 1 aromatic rings. The van der Waals surface area contributed by atoms with Crippen LogP contribution in [0, 0.1) is 12.3 Å². The van der Waals surface area contributed by atoms with Crippen LogP contribution in [0.3, 0.4) is 0 Å². The number of hydrogen-bond donors (Lipinski definition) is 1. The van der Waals surface area contributed by atoms with Gasteiger partial charge in [-0.3, -0.25) is 9.59 Å². The number of carboxylic acids is 1. The third kappa shape index (κ3) is 3.10. The van der Waals surface area contributed by atoms with E-state index in [4.69, 9.17) is 16.3 Å². The molecule has 120 valence electrons. The highest BCUT2D eigenvalue weighted by Crippen LogP contribution is 2.32. The molecule has 1 atom stereocenters. The Morgan fingerprint density at radius 1 is 1.45 bits per heavy atom. The zero-order valence-corrected chi connectivity index (χ0v) is 13.5. The molecular weight excluding hydrogens is 306 g/mol. The molecule has 1 heterocycles. The fourth-order valence-corrected chi connectivity index (χ4v) is 3.12. The second-order valence-electron chi connectivity index (χ2n) is 5.76. The molecule has 0 aromatic heterocycles. The van der Waals surface area contributed by atoms with Crippen LogP contribution in [0.5, 0.6) is 0 Å². The normalized spacial score (nSPS) is 21.7. The number of rotatable bonds is 4. The number of piperidine rings is 1. The van der Waals surface area contributed by atoms with Crippen LogP contribution in [-0.2, 0) is 9.53 Å². The number of ether oxygens (including phenoxy) is 1. The Bertz CT molecular complexity index is 586. The summed E-state index contributed by atoms with van der Waals surface area (Å²) < 4.78 is 5.08. The standard InChI is InChI=1S/C16H20ClNO4/c1-11-12(5-3-6-13(11)17)14(19)18-8-4-7-16(9-18,10-22-2)15(20)21/h3,5-6H,4,7-10H2,1-2H3,(H,20,21). The molecule has 0 saturated carbocycles. The number of methoxy groups -OCH3 is 1. The molecule has 1 amide bonds. The molecule has 0 bridgehead atoms. The number of benzene rings is 1. The van der Waals surface area contributed by atoms with Gasteiger partial charge in [0.2, 0.25) is 0 Å². The summed E-state index contributed by atoms with van der Waals surface area (Å²) in [5.41, 5.74) is 0.202. The van der Waals surface area contributed by atoms with Crippen molar-refractivity contribution in [1.82, 2.24) is 4.90 Å². The van der Waals surface area contributed by atoms with Gasteiger partial charge in [0.25, 0.3) is 5.91 Å². The van der Waals surface area contributed by atoms with Crippen molar-refractivity contribution in [2.24, 2.45) is 5.41 Å². The lowest BCUT2D eigenvalue weighted by atomic mass is 9.80. The van der Waals surface area contributed by atoms with Gasteiger partial charge in [-0.15, -0.1) is 0 Å². The minimum Gasteiger partial charge on any atom is -0.481 e. The summed E-state index contributed by atoms with van der Waals surface area (Å²) in [6, 6.07) is 5.18. The van der Waals surface area contributed by atoms with Crippen LogP contribution in [0.15, 0.2) is 18.2 Å². The molecule has 1 N–H and O–H groups in total. The highest BCUT2D eigenvalue weighted by atomic mass is 35.5. The molecule has 0 aliphatic carbocycles. The molecular formula is C16H20ClNO4. The van der Waals surface area contributed by atoms with Crippen molar-refractivity contribution in [2.75, 3.05) is 26.8 Å². The average molecular weight is 326 g/mol. The molecule has 22 heavy (non-hydrogen) atoms. The Morgan fingerprint density at radius 2 is 2.18 bits per heavy atom. The highest BCUT2D eigenvalue weighted by molar-refractivity contribution is 6.31. The van der Waals surface area contributed by atoms with Gasteiger partial charge in [0.1, 0.15) is 5.41 Å². The van der Waals surface area contributed by atoms with E-state index in [1.54, 1.807) is 30.0 Å². The van der Waals surface area contributed by atoms with Gasteiger partial charge in [0.15, 0.2) is 0 Å².